The lowest BCUT2D eigenvalue weighted by Crippen LogP contribution is -2.35. The van der Waals surface area contributed by atoms with Crippen molar-refractivity contribution in [3.63, 3.8) is 0 Å². The Morgan fingerprint density at radius 2 is 2.22 bits per heavy atom. The molecule has 1 amide bonds. The van der Waals surface area contributed by atoms with Crippen LogP contribution in [-0.4, -0.2) is 23.7 Å². The third-order valence-electron chi connectivity index (χ3n) is 2.43. The van der Waals surface area contributed by atoms with E-state index in [4.69, 9.17) is 28.3 Å². The lowest BCUT2D eigenvalue weighted by atomic mass is 10.2. The standard InChI is InChI=1S/C13H15Cl2NO2/c1-2-11(8-17)16-13(18)6-3-9-7-10(14)4-5-12(9)15/h3-7,11,17H,2,8H2,1H3,(H,16,18)/b6-3+/t11-/m1/s1. The molecular formula is C13H15Cl2NO2. The van der Waals surface area contributed by atoms with Gasteiger partial charge in [0.25, 0.3) is 0 Å². The summed E-state index contributed by atoms with van der Waals surface area (Å²) in [6.07, 6.45) is 3.64. The fourth-order valence-electron chi connectivity index (χ4n) is 1.33. The number of benzene rings is 1. The first-order chi connectivity index (χ1) is 8.56. The van der Waals surface area contributed by atoms with E-state index in [0.717, 1.165) is 0 Å². The van der Waals surface area contributed by atoms with Crippen LogP contribution >= 0.6 is 23.2 Å². The van der Waals surface area contributed by atoms with E-state index in [9.17, 15) is 4.79 Å². The van der Waals surface area contributed by atoms with E-state index in [1.165, 1.54) is 6.08 Å². The normalized spacial score (nSPS) is 12.7. The van der Waals surface area contributed by atoms with Crippen LogP contribution in [0.3, 0.4) is 0 Å². The van der Waals surface area contributed by atoms with Gasteiger partial charge in [-0.1, -0.05) is 30.1 Å². The molecule has 98 valence electrons. The minimum Gasteiger partial charge on any atom is -0.394 e. The van der Waals surface area contributed by atoms with E-state index >= 15 is 0 Å². The summed E-state index contributed by atoms with van der Waals surface area (Å²) >= 11 is 11.8. The average Bonchev–Trinajstić information content (AvgIpc) is 2.37. The van der Waals surface area contributed by atoms with Crippen LogP contribution < -0.4 is 5.32 Å². The summed E-state index contributed by atoms with van der Waals surface area (Å²) in [4.78, 5) is 11.6. The molecule has 1 aromatic carbocycles. The van der Waals surface area contributed by atoms with Crippen LogP contribution in [0.5, 0.6) is 0 Å². The van der Waals surface area contributed by atoms with Crippen molar-refractivity contribution in [3.8, 4) is 0 Å². The Morgan fingerprint density at radius 1 is 1.50 bits per heavy atom. The van der Waals surface area contributed by atoms with Crippen LogP contribution in [0.25, 0.3) is 6.08 Å². The molecule has 0 saturated heterocycles. The molecular weight excluding hydrogens is 273 g/mol. The number of amides is 1. The molecule has 18 heavy (non-hydrogen) atoms. The lowest BCUT2D eigenvalue weighted by molar-refractivity contribution is -0.117. The van der Waals surface area contributed by atoms with Gasteiger partial charge in [0.2, 0.25) is 5.91 Å². The zero-order valence-corrected chi connectivity index (χ0v) is 11.5. The maximum atomic E-state index is 11.6. The van der Waals surface area contributed by atoms with Crippen LogP contribution in [0.4, 0.5) is 0 Å². The highest BCUT2D eigenvalue weighted by Gasteiger charge is 2.06. The first kappa shape index (κ1) is 15.0. The van der Waals surface area contributed by atoms with Gasteiger partial charge in [0.15, 0.2) is 0 Å². The number of carbonyl (C=O) groups is 1. The maximum Gasteiger partial charge on any atom is 0.244 e. The van der Waals surface area contributed by atoms with Crippen LogP contribution in [0, 0.1) is 0 Å². The van der Waals surface area contributed by atoms with Crippen molar-refractivity contribution >= 4 is 35.2 Å². The summed E-state index contributed by atoms with van der Waals surface area (Å²) in [5.41, 5.74) is 0.677. The van der Waals surface area contributed by atoms with Gasteiger partial charge in [-0.15, -0.1) is 0 Å². The molecule has 0 unspecified atom stereocenters. The fraction of sp³-hybridized carbons (Fsp3) is 0.308. The minimum atomic E-state index is -0.271. The predicted octanol–water partition coefficient (Wildman–Crippen LogP) is 2.89. The molecule has 0 aliphatic heterocycles. The topological polar surface area (TPSA) is 49.3 Å². The first-order valence-corrected chi connectivity index (χ1v) is 6.37. The van der Waals surface area contributed by atoms with Crippen LogP contribution in [0.15, 0.2) is 24.3 Å². The van der Waals surface area contributed by atoms with E-state index in [1.54, 1.807) is 24.3 Å². The van der Waals surface area contributed by atoms with E-state index in [2.05, 4.69) is 5.32 Å². The molecule has 5 heteroatoms. The monoisotopic (exact) mass is 287 g/mol. The van der Waals surface area contributed by atoms with Crippen molar-refractivity contribution in [2.45, 2.75) is 19.4 Å². The van der Waals surface area contributed by atoms with Gasteiger partial charge in [-0.25, -0.2) is 0 Å². The number of aliphatic hydroxyl groups is 1. The second-order valence-corrected chi connectivity index (χ2v) is 4.64. The van der Waals surface area contributed by atoms with E-state index in [0.29, 0.717) is 22.0 Å². The SMILES string of the molecule is CC[C@H](CO)NC(=O)/C=C/c1cc(Cl)ccc1Cl. The first-order valence-electron chi connectivity index (χ1n) is 5.61. The summed E-state index contributed by atoms with van der Waals surface area (Å²) < 4.78 is 0. The summed E-state index contributed by atoms with van der Waals surface area (Å²) in [6.45, 7) is 1.81. The Kier molecular flexibility index (Phi) is 6.19. The van der Waals surface area contributed by atoms with Crippen molar-refractivity contribution in [2.75, 3.05) is 6.61 Å². The fourth-order valence-corrected chi connectivity index (χ4v) is 1.69. The number of hydrogen-bond donors (Lipinski definition) is 2. The van der Waals surface area contributed by atoms with Crippen molar-refractivity contribution in [1.82, 2.24) is 5.32 Å². The zero-order chi connectivity index (χ0) is 13.5. The summed E-state index contributed by atoms with van der Waals surface area (Å²) in [5, 5.41) is 12.7. The van der Waals surface area contributed by atoms with E-state index in [1.807, 2.05) is 6.92 Å². The van der Waals surface area contributed by atoms with Crippen LogP contribution in [0.1, 0.15) is 18.9 Å². The molecule has 0 saturated carbocycles. The summed E-state index contributed by atoms with van der Waals surface area (Å²) in [6, 6.07) is 4.80. The van der Waals surface area contributed by atoms with Gasteiger partial charge in [-0.05, 0) is 36.3 Å². The summed E-state index contributed by atoms with van der Waals surface area (Å²) in [5.74, 6) is -0.271. The molecule has 0 bridgehead atoms. The highest BCUT2D eigenvalue weighted by Crippen LogP contribution is 2.21. The highest BCUT2D eigenvalue weighted by molar-refractivity contribution is 6.34. The molecule has 0 heterocycles. The van der Waals surface area contributed by atoms with Gasteiger partial charge in [0.05, 0.1) is 12.6 Å². The van der Waals surface area contributed by atoms with Gasteiger partial charge in [0, 0.05) is 16.1 Å². The van der Waals surface area contributed by atoms with Gasteiger partial charge >= 0.3 is 0 Å². The molecule has 0 aliphatic rings. The smallest absolute Gasteiger partial charge is 0.244 e. The quantitative estimate of drug-likeness (QED) is 0.818. The Bertz CT molecular complexity index is 443. The number of halogens is 2. The maximum absolute atomic E-state index is 11.6. The number of nitrogens with one attached hydrogen (secondary N) is 1. The second kappa shape index (κ2) is 7.41. The van der Waals surface area contributed by atoms with Gasteiger partial charge < -0.3 is 10.4 Å². The average molecular weight is 288 g/mol. The van der Waals surface area contributed by atoms with Crippen LogP contribution in [0.2, 0.25) is 10.0 Å². The minimum absolute atomic E-state index is 0.0754. The van der Waals surface area contributed by atoms with Crippen LogP contribution in [-0.2, 0) is 4.79 Å². The Balaban J connectivity index is 2.68. The molecule has 1 aromatic rings. The number of aliphatic hydroxyl groups excluding tert-OH is 1. The molecule has 0 aromatic heterocycles. The number of carbonyl (C=O) groups excluding carboxylic acids is 1. The lowest BCUT2D eigenvalue weighted by Gasteiger charge is -2.11. The largest absolute Gasteiger partial charge is 0.394 e. The highest BCUT2D eigenvalue weighted by atomic mass is 35.5. The second-order valence-electron chi connectivity index (χ2n) is 3.80. The van der Waals surface area contributed by atoms with Gasteiger partial charge in [-0.3, -0.25) is 4.79 Å². The van der Waals surface area contributed by atoms with E-state index in [-0.39, 0.29) is 18.6 Å². The Hall–Kier alpha value is -1.03. The molecule has 1 atom stereocenters. The molecule has 0 fully saturated rings. The third kappa shape index (κ3) is 4.69. The predicted molar refractivity (Wildman–Crippen MR) is 74.8 cm³/mol. The van der Waals surface area contributed by atoms with E-state index < -0.39 is 0 Å². The van der Waals surface area contributed by atoms with Gasteiger partial charge in [-0.2, -0.15) is 0 Å². The molecule has 1 rings (SSSR count). The van der Waals surface area contributed by atoms with Crippen molar-refractivity contribution in [3.05, 3.63) is 39.9 Å². The molecule has 0 spiro atoms. The van der Waals surface area contributed by atoms with Crippen molar-refractivity contribution < 1.29 is 9.90 Å². The third-order valence-corrected chi connectivity index (χ3v) is 3.01. The molecule has 3 nitrogen and oxygen atoms in total. The number of rotatable bonds is 5. The Labute approximate surface area is 116 Å². The summed E-state index contributed by atoms with van der Waals surface area (Å²) in [7, 11) is 0. The molecule has 0 radical (unpaired) electrons. The molecule has 0 aliphatic carbocycles. The van der Waals surface area contributed by atoms with Gasteiger partial charge in [0.1, 0.15) is 0 Å². The van der Waals surface area contributed by atoms with Crippen molar-refractivity contribution in [1.29, 1.82) is 0 Å². The Morgan fingerprint density at radius 3 is 2.83 bits per heavy atom. The zero-order valence-electron chi connectivity index (χ0n) is 9.99. The van der Waals surface area contributed by atoms with Crippen molar-refractivity contribution in [2.24, 2.45) is 0 Å². The number of hydrogen-bond acceptors (Lipinski definition) is 2. The molecule has 2 N–H and O–H groups in total.